The van der Waals surface area contributed by atoms with Crippen molar-refractivity contribution in [3.05, 3.63) is 42.4 Å². The quantitative estimate of drug-likeness (QED) is 0.569. The van der Waals surface area contributed by atoms with Crippen molar-refractivity contribution in [1.82, 2.24) is 24.6 Å². The van der Waals surface area contributed by atoms with Crippen molar-refractivity contribution in [2.75, 3.05) is 25.6 Å². The molecule has 8 heteroatoms. The first-order valence-electron chi connectivity index (χ1n) is 8.26. The zero-order valence-corrected chi connectivity index (χ0v) is 14.7. The molecular weight excluding hydrogens is 332 g/mol. The van der Waals surface area contributed by atoms with Gasteiger partial charge in [-0.15, -0.1) is 0 Å². The number of anilines is 1. The minimum absolute atomic E-state index is 0.296. The lowest BCUT2D eigenvalue weighted by Crippen LogP contribution is -2.15. The Hall–Kier alpha value is -3.42. The molecule has 0 aliphatic carbocycles. The number of rotatable bonds is 4. The maximum absolute atomic E-state index is 12.3. The zero-order chi connectivity index (χ0) is 18.3. The Balaban J connectivity index is 1.98. The fourth-order valence-corrected chi connectivity index (χ4v) is 2.92. The number of pyridine rings is 1. The summed E-state index contributed by atoms with van der Waals surface area (Å²) in [5.74, 6) is 0.372. The number of carbonyl (C=O) groups is 1. The number of aromatic amines is 1. The molecule has 4 aromatic rings. The number of esters is 1. The Morgan fingerprint density at radius 3 is 3.00 bits per heavy atom. The van der Waals surface area contributed by atoms with Gasteiger partial charge in [0.15, 0.2) is 5.65 Å². The summed E-state index contributed by atoms with van der Waals surface area (Å²) in [6.07, 6.45) is 5.10. The van der Waals surface area contributed by atoms with Crippen LogP contribution in [0, 0.1) is 0 Å². The van der Waals surface area contributed by atoms with Gasteiger partial charge >= 0.3 is 5.97 Å². The van der Waals surface area contributed by atoms with Gasteiger partial charge in [0.25, 0.3) is 0 Å². The molecule has 0 bridgehead atoms. The lowest BCUT2D eigenvalue weighted by atomic mass is 10.1. The molecule has 0 aliphatic heterocycles. The SMILES string of the molecule is CCOC(=O)c1cnn2c(N(C)C)cc(-c3c[nH]c4ncccc34)nc12. The number of nitrogens with zero attached hydrogens (tertiary/aromatic N) is 5. The van der Waals surface area contributed by atoms with E-state index in [-0.39, 0.29) is 0 Å². The molecule has 0 atom stereocenters. The van der Waals surface area contributed by atoms with Crippen LogP contribution in [-0.4, -0.2) is 51.2 Å². The maximum Gasteiger partial charge on any atom is 0.343 e. The minimum atomic E-state index is -0.433. The fraction of sp³-hybridized carbons (Fsp3) is 0.222. The molecular formula is C18H18N6O2. The average Bonchev–Trinajstić information content (AvgIpc) is 3.25. The molecule has 132 valence electrons. The number of nitrogens with one attached hydrogen (secondary N) is 1. The minimum Gasteiger partial charge on any atom is -0.462 e. The second kappa shape index (κ2) is 6.14. The van der Waals surface area contributed by atoms with Gasteiger partial charge in [0.05, 0.1) is 18.5 Å². The highest BCUT2D eigenvalue weighted by Gasteiger charge is 2.20. The highest BCUT2D eigenvalue weighted by atomic mass is 16.5. The average molecular weight is 350 g/mol. The van der Waals surface area contributed by atoms with Gasteiger partial charge in [-0.1, -0.05) is 0 Å². The topological polar surface area (TPSA) is 88.4 Å². The van der Waals surface area contributed by atoms with Crippen molar-refractivity contribution < 1.29 is 9.53 Å². The van der Waals surface area contributed by atoms with Crippen molar-refractivity contribution in [1.29, 1.82) is 0 Å². The second-order valence-corrected chi connectivity index (χ2v) is 6.01. The summed E-state index contributed by atoms with van der Waals surface area (Å²) in [4.78, 5) is 26.4. The van der Waals surface area contributed by atoms with Crippen LogP contribution in [-0.2, 0) is 4.74 Å². The summed E-state index contributed by atoms with van der Waals surface area (Å²) < 4.78 is 6.78. The molecule has 0 saturated heterocycles. The van der Waals surface area contributed by atoms with Gasteiger partial charge < -0.3 is 14.6 Å². The summed E-state index contributed by atoms with van der Waals surface area (Å²) in [7, 11) is 3.84. The molecule has 0 saturated carbocycles. The smallest absolute Gasteiger partial charge is 0.343 e. The number of fused-ring (bicyclic) bond motifs is 2. The first kappa shape index (κ1) is 16.1. The van der Waals surface area contributed by atoms with Crippen LogP contribution in [0.4, 0.5) is 5.82 Å². The molecule has 4 aromatic heterocycles. The molecule has 0 spiro atoms. The summed E-state index contributed by atoms with van der Waals surface area (Å²) in [6.45, 7) is 2.07. The Kier molecular flexibility index (Phi) is 3.80. The normalized spacial score (nSPS) is 11.2. The van der Waals surface area contributed by atoms with Gasteiger partial charge in [-0.2, -0.15) is 9.61 Å². The van der Waals surface area contributed by atoms with Crippen molar-refractivity contribution in [2.45, 2.75) is 6.92 Å². The van der Waals surface area contributed by atoms with E-state index in [4.69, 9.17) is 9.72 Å². The van der Waals surface area contributed by atoms with Gasteiger partial charge in [-0.25, -0.2) is 14.8 Å². The van der Waals surface area contributed by atoms with Crippen molar-refractivity contribution in [3.63, 3.8) is 0 Å². The zero-order valence-electron chi connectivity index (χ0n) is 14.7. The third-order valence-electron chi connectivity index (χ3n) is 4.13. The molecule has 26 heavy (non-hydrogen) atoms. The Morgan fingerprint density at radius 2 is 2.23 bits per heavy atom. The van der Waals surface area contributed by atoms with Crippen LogP contribution >= 0.6 is 0 Å². The van der Waals surface area contributed by atoms with Gasteiger partial charge in [0.2, 0.25) is 0 Å². The number of hydrogen-bond donors (Lipinski definition) is 1. The summed E-state index contributed by atoms with van der Waals surface area (Å²) >= 11 is 0. The van der Waals surface area contributed by atoms with E-state index in [9.17, 15) is 4.79 Å². The molecule has 1 N–H and O–H groups in total. The van der Waals surface area contributed by atoms with Crippen LogP contribution in [0.1, 0.15) is 17.3 Å². The Labute approximate surface area is 149 Å². The van der Waals surface area contributed by atoms with E-state index in [2.05, 4.69) is 15.1 Å². The van der Waals surface area contributed by atoms with Crippen molar-refractivity contribution in [3.8, 4) is 11.3 Å². The summed E-state index contributed by atoms with van der Waals surface area (Å²) in [5, 5.41) is 5.28. The lowest BCUT2D eigenvalue weighted by Gasteiger charge is -2.15. The molecule has 4 heterocycles. The van der Waals surface area contributed by atoms with E-state index in [0.717, 1.165) is 28.1 Å². The number of hydrogen-bond acceptors (Lipinski definition) is 6. The van der Waals surface area contributed by atoms with Gasteiger partial charge in [-0.3, -0.25) is 0 Å². The molecule has 4 rings (SSSR count). The highest BCUT2D eigenvalue weighted by molar-refractivity contribution is 5.97. The number of ether oxygens (including phenoxy) is 1. The van der Waals surface area contributed by atoms with E-state index >= 15 is 0 Å². The first-order valence-corrected chi connectivity index (χ1v) is 8.26. The molecule has 0 radical (unpaired) electrons. The molecule has 8 nitrogen and oxygen atoms in total. The van der Waals surface area contributed by atoms with Crippen LogP contribution in [0.5, 0.6) is 0 Å². The number of aromatic nitrogens is 5. The molecule has 0 aliphatic rings. The van der Waals surface area contributed by atoms with Crippen LogP contribution in [0.3, 0.4) is 0 Å². The molecule has 0 amide bonds. The first-order chi connectivity index (χ1) is 12.6. The fourth-order valence-electron chi connectivity index (χ4n) is 2.92. The predicted octanol–water partition coefficient (Wildman–Crippen LogP) is 2.52. The van der Waals surface area contributed by atoms with Crippen molar-refractivity contribution >= 4 is 28.5 Å². The number of H-pyrrole nitrogens is 1. The third-order valence-corrected chi connectivity index (χ3v) is 4.13. The van der Waals surface area contributed by atoms with E-state index in [1.165, 1.54) is 6.20 Å². The monoisotopic (exact) mass is 350 g/mol. The van der Waals surface area contributed by atoms with E-state index in [0.29, 0.717) is 17.8 Å². The Morgan fingerprint density at radius 1 is 1.38 bits per heavy atom. The van der Waals surface area contributed by atoms with Crippen LogP contribution in [0.15, 0.2) is 36.8 Å². The third kappa shape index (κ3) is 2.46. The maximum atomic E-state index is 12.3. The van der Waals surface area contributed by atoms with Crippen LogP contribution in [0.2, 0.25) is 0 Å². The second-order valence-electron chi connectivity index (χ2n) is 6.01. The van der Waals surface area contributed by atoms with E-state index < -0.39 is 5.97 Å². The van der Waals surface area contributed by atoms with Gasteiger partial charge in [-0.05, 0) is 19.1 Å². The lowest BCUT2D eigenvalue weighted by molar-refractivity contribution is 0.0528. The van der Waals surface area contributed by atoms with Crippen molar-refractivity contribution in [2.24, 2.45) is 0 Å². The summed E-state index contributed by atoms with van der Waals surface area (Å²) in [5.41, 5.74) is 3.23. The number of carbonyl (C=O) groups excluding carboxylic acids is 1. The molecule has 0 unspecified atom stereocenters. The van der Waals surface area contributed by atoms with Gasteiger partial charge in [0, 0.05) is 43.5 Å². The van der Waals surface area contributed by atoms with Crippen LogP contribution < -0.4 is 4.90 Å². The standard InChI is InChI=1S/C18H18N6O2/c1-4-26-18(25)13-10-21-24-15(23(2)3)8-14(22-17(13)24)12-9-20-16-11(12)6-5-7-19-16/h5-10H,4H2,1-3H3,(H,19,20). The predicted molar refractivity (Wildman–Crippen MR) is 98.4 cm³/mol. The molecule has 0 fully saturated rings. The summed E-state index contributed by atoms with van der Waals surface area (Å²) in [6, 6.07) is 5.80. The Bertz CT molecular complexity index is 1110. The van der Waals surface area contributed by atoms with E-state index in [1.807, 2.05) is 43.4 Å². The largest absolute Gasteiger partial charge is 0.462 e. The molecule has 0 aromatic carbocycles. The highest BCUT2D eigenvalue weighted by Crippen LogP contribution is 2.30. The van der Waals surface area contributed by atoms with E-state index in [1.54, 1.807) is 17.6 Å². The van der Waals surface area contributed by atoms with Crippen LogP contribution in [0.25, 0.3) is 27.9 Å². The van der Waals surface area contributed by atoms with Gasteiger partial charge in [0.1, 0.15) is 17.0 Å².